The molecule has 0 unspecified atom stereocenters. The summed E-state index contributed by atoms with van der Waals surface area (Å²) in [5.74, 6) is 0.433. The molecular formula is C31H29FN2O4. The molecule has 3 aromatic carbocycles. The summed E-state index contributed by atoms with van der Waals surface area (Å²) in [6.07, 6.45) is 1.23. The number of hydrogen-bond donors (Lipinski definition) is 1. The molecule has 0 spiro atoms. The Morgan fingerprint density at radius 1 is 1.05 bits per heavy atom. The molecule has 0 saturated carbocycles. The fraction of sp³-hybridized carbons (Fsp3) is 0.226. The zero-order valence-electron chi connectivity index (χ0n) is 21.4. The topological polar surface area (TPSA) is 71.8 Å². The molecule has 194 valence electrons. The van der Waals surface area contributed by atoms with Gasteiger partial charge in [0.1, 0.15) is 23.9 Å². The third kappa shape index (κ3) is 5.47. The van der Waals surface area contributed by atoms with Crippen molar-refractivity contribution in [3.8, 4) is 5.75 Å². The maximum absolute atomic E-state index is 13.4. The zero-order valence-corrected chi connectivity index (χ0v) is 21.4. The summed E-state index contributed by atoms with van der Waals surface area (Å²) in [6.45, 7) is 4.73. The molecule has 2 amide bonds. The van der Waals surface area contributed by atoms with Crippen molar-refractivity contribution >= 4 is 17.5 Å². The van der Waals surface area contributed by atoms with E-state index >= 15 is 0 Å². The number of nitrogens with zero attached hydrogens (tertiary/aromatic N) is 1. The van der Waals surface area contributed by atoms with E-state index in [2.05, 4.69) is 35.6 Å². The number of anilines is 1. The molecule has 6 nitrogen and oxygen atoms in total. The van der Waals surface area contributed by atoms with Crippen LogP contribution in [0.25, 0.3) is 0 Å². The van der Waals surface area contributed by atoms with E-state index in [4.69, 9.17) is 9.15 Å². The van der Waals surface area contributed by atoms with Crippen molar-refractivity contribution in [3.63, 3.8) is 0 Å². The molecule has 1 aromatic heterocycles. The second kappa shape index (κ2) is 10.9. The van der Waals surface area contributed by atoms with Crippen LogP contribution >= 0.6 is 0 Å². The van der Waals surface area contributed by atoms with E-state index in [9.17, 15) is 14.0 Å². The van der Waals surface area contributed by atoms with Crippen molar-refractivity contribution in [3.05, 3.63) is 118 Å². The summed E-state index contributed by atoms with van der Waals surface area (Å²) in [6, 6.07) is 23.0. The Morgan fingerprint density at radius 2 is 1.87 bits per heavy atom. The first-order valence-corrected chi connectivity index (χ1v) is 12.7. The lowest BCUT2D eigenvalue weighted by Crippen LogP contribution is -2.40. The minimum atomic E-state index is -0.475. The second-order valence-corrected chi connectivity index (χ2v) is 9.38. The second-order valence-electron chi connectivity index (χ2n) is 9.38. The minimum Gasteiger partial charge on any atom is -0.486 e. The number of fused-ring (bicyclic) bond motifs is 1. The number of halogens is 1. The molecule has 2 heterocycles. The molecule has 0 saturated heterocycles. The third-order valence-electron chi connectivity index (χ3n) is 6.71. The number of nitrogens with one attached hydrogen (secondary N) is 1. The van der Waals surface area contributed by atoms with Crippen LogP contribution in [0, 0.1) is 12.7 Å². The number of rotatable bonds is 7. The number of furan rings is 1. The quantitative estimate of drug-likeness (QED) is 0.309. The predicted octanol–water partition coefficient (Wildman–Crippen LogP) is 6.44. The van der Waals surface area contributed by atoms with Crippen molar-refractivity contribution in [2.75, 3.05) is 11.9 Å². The zero-order chi connectivity index (χ0) is 26.6. The molecule has 0 aliphatic carbocycles. The summed E-state index contributed by atoms with van der Waals surface area (Å²) < 4.78 is 25.1. The first-order chi connectivity index (χ1) is 18.4. The third-order valence-corrected chi connectivity index (χ3v) is 6.71. The van der Waals surface area contributed by atoms with Crippen molar-refractivity contribution in [2.45, 2.75) is 39.3 Å². The van der Waals surface area contributed by atoms with Crippen molar-refractivity contribution in [1.29, 1.82) is 0 Å². The maximum atomic E-state index is 13.4. The normalized spacial score (nSPS) is 14.6. The van der Waals surface area contributed by atoms with E-state index in [1.54, 1.807) is 18.2 Å². The van der Waals surface area contributed by atoms with Crippen LogP contribution in [0.1, 0.15) is 58.0 Å². The summed E-state index contributed by atoms with van der Waals surface area (Å²) >= 11 is 0. The van der Waals surface area contributed by atoms with E-state index in [1.165, 1.54) is 23.8 Å². The summed E-state index contributed by atoms with van der Waals surface area (Å²) in [5.41, 5.74) is 4.82. The van der Waals surface area contributed by atoms with Crippen LogP contribution < -0.4 is 10.1 Å². The van der Waals surface area contributed by atoms with E-state index in [0.717, 1.165) is 23.1 Å². The average Bonchev–Trinajstić information content (AvgIpc) is 3.41. The van der Waals surface area contributed by atoms with Gasteiger partial charge in [0.2, 0.25) is 5.91 Å². The van der Waals surface area contributed by atoms with Gasteiger partial charge in [0.15, 0.2) is 5.76 Å². The van der Waals surface area contributed by atoms with Gasteiger partial charge in [-0.2, -0.15) is 0 Å². The van der Waals surface area contributed by atoms with Gasteiger partial charge in [-0.05, 0) is 72.5 Å². The van der Waals surface area contributed by atoms with Crippen LogP contribution in [0.5, 0.6) is 5.75 Å². The van der Waals surface area contributed by atoms with E-state index in [0.29, 0.717) is 30.2 Å². The Hall–Kier alpha value is -4.39. The lowest BCUT2D eigenvalue weighted by Gasteiger charge is -2.38. The van der Waals surface area contributed by atoms with Crippen LogP contribution in [-0.4, -0.2) is 23.3 Å². The molecule has 1 atom stereocenters. The SMILES string of the molecule is CCC(=O)N1CCc2ccc(OCc3ccc(C(=O)Nc4cccc(F)c4)o3)cc2[C@H]1c1ccc(C)cc1. The van der Waals surface area contributed by atoms with Gasteiger partial charge >= 0.3 is 0 Å². The number of aryl methyl sites for hydroxylation is 1. The first kappa shape index (κ1) is 25.3. The average molecular weight is 513 g/mol. The van der Waals surface area contributed by atoms with Gasteiger partial charge in [0, 0.05) is 18.7 Å². The van der Waals surface area contributed by atoms with E-state index in [1.807, 2.05) is 30.9 Å². The number of hydrogen-bond acceptors (Lipinski definition) is 4. The Kier molecular flexibility index (Phi) is 7.26. The highest BCUT2D eigenvalue weighted by atomic mass is 19.1. The van der Waals surface area contributed by atoms with E-state index in [-0.39, 0.29) is 24.3 Å². The Labute approximate surface area is 221 Å². The van der Waals surface area contributed by atoms with Gasteiger partial charge in [-0.1, -0.05) is 48.9 Å². The summed E-state index contributed by atoms with van der Waals surface area (Å²) in [4.78, 5) is 27.3. The first-order valence-electron chi connectivity index (χ1n) is 12.7. The van der Waals surface area contributed by atoms with Crippen LogP contribution in [-0.2, 0) is 17.8 Å². The van der Waals surface area contributed by atoms with Gasteiger partial charge in [0.25, 0.3) is 5.91 Å². The monoisotopic (exact) mass is 512 g/mol. The molecule has 38 heavy (non-hydrogen) atoms. The molecule has 7 heteroatoms. The maximum Gasteiger partial charge on any atom is 0.291 e. The van der Waals surface area contributed by atoms with Gasteiger partial charge in [-0.25, -0.2) is 4.39 Å². The van der Waals surface area contributed by atoms with Gasteiger partial charge < -0.3 is 19.4 Å². The number of amides is 2. The standard InChI is InChI=1S/C31H29FN2O4/c1-3-29(35)34-16-15-21-11-12-25(18-27(21)30(34)22-9-7-20(2)8-10-22)37-19-26-13-14-28(38-26)31(36)33-24-6-4-5-23(32)17-24/h4-14,17-18,30H,3,15-16,19H2,1-2H3,(H,33,36)/t30-/m1/s1. The minimum absolute atomic E-state index is 0.103. The summed E-state index contributed by atoms with van der Waals surface area (Å²) in [5, 5.41) is 2.62. The Balaban J connectivity index is 1.33. The van der Waals surface area contributed by atoms with E-state index < -0.39 is 11.7 Å². The molecule has 1 aliphatic rings. The lowest BCUT2D eigenvalue weighted by atomic mass is 9.87. The van der Waals surface area contributed by atoms with Crippen LogP contribution in [0.3, 0.4) is 0 Å². The summed E-state index contributed by atoms with van der Waals surface area (Å²) in [7, 11) is 0. The molecule has 0 fully saturated rings. The molecule has 4 aromatic rings. The molecule has 1 aliphatic heterocycles. The molecule has 1 N–H and O–H groups in total. The fourth-order valence-electron chi connectivity index (χ4n) is 4.75. The van der Waals surface area contributed by atoms with Crippen molar-refractivity contribution in [1.82, 2.24) is 4.90 Å². The predicted molar refractivity (Wildman–Crippen MR) is 143 cm³/mol. The number of ether oxygens (including phenoxy) is 1. The van der Waals surface area contributed by atoms with Crippen molar-refractivity contribution < 1.29 is 23.1 Å². The smallest absolute Gasteiger partial charge is 0.291 e. The highest BCUT2D eigenvalue weighted by molar-refractivity contribution is 6.02. The van der Waals surface area contributed by atoms with Crippen molar-refractivity contribution in [2.24, 2.45) is 0 Å². The highest BCUT2D eigenvalue weighted by Crippen LogP contribution is 2.37. The fourth-order valence-corrected chi connectivity index (χ4v) is 4.75. The van der Waals surface area contributed by atoms with Crippen LogP contribution in [0.2, 0.25) is 0 Å². The highest BCUT2D eigenvalue weighted by Gasteiger charge is 2.31. The Morgan fingerprint density at radius 3 is 2.63 bits per heavy atom. The lowest BCUT2D eigenvalue weighted by molar-refractivity contribution is -0.132. The molecular weight excluding hydrogens is 483 g/mol. The number of carbonyl (C=O) groups is 2. The van der Waals surface area contributed by atoms with Crippen LogP contribution in [0.4, 0.5) is 10.1 Å². The van der Waals surface area contributed by atoms with Crippen LogP contribution in [0.15, 0.2) is 83.3 Å². The number of benzene rings is 3. The Bertz CT molecular complexity index is 1460. The molecule has 5 rings (SSSR count). The molecule has 0 bridgehead atoms. The van der Waals surface area contributed by atoms with Gasteiger partial charge in [0.05, 0.1) is 6.04 Å². The largest absolute Gasteiger partial charge is 0.486 e. The number of carbonyl (C=O) groups excluding carboxylic acids is 2. The van der Waals surface area contributed by atoms with Gasteiger partial charge in [-0.3, -0.25) is 9.59 Å². The molecule has 0 radical (unpaired) electrons. The van der Waals surface area contributed by atoms with Gasteiger partial charge in [-0.15, -0.1) is 0 Å².